The fourth-order valence-electron chi connectivity index (χ4n) is 1.55. The Labute approximate surface area is 108 Å². The first-order chi connectivity index (χ1) is 8.53. The second-order valence-electron chi connectivity index (χ2n) is 3.81. The lowest BCUT2D eigenvalue weighted by Crippen LogP contribution is -2.32. The summed E-state index contributed by atoms with van der Waals surface area (Å²) in [7, 11) is -3.94. The van der Waals surface area contributed by atoms with Gasteiger partial charge in [0.05, 0.1) is 12.4 Å². The first-order valence-corrected chi connectivity index (χ1v) is 7.46. The van der Waals surface area contributed by atoms with E-state index in [2.05, 4.69) is 0 Å². The summed E-state index contributed by atoms with van der Waals surface area (Å²) in [4.78, 5) is 1.88. The molecule has 0 spiro atoms. The van der Waals surface area contributed by atoms with Crippen LogP contribution < -0.4 is 4.90 Å². The van der Waals surface area contributed by atoms with Crippen LogP contribution in [0.5, 0.6) is 0 Å². The van der Waals surface area contributed by atoms with Crippen molar-refractivity contribution in [2.75, 3.05) is 37.0 Å². The molecule has 18 heavy (non-hydrogen) atoms. The van der Waals surface area contributed by atoms with Crippen LogP contribution in [0.4, 0.5) is 5.69 Å². The largest absolute Gasteiger partial charge is 0.380 e. The molecule has 0 bridgehead atoms. The van der Waals surface area contributed by atoms with E-state index in [1.807, 2.05) is 42.2 Å². The lowest BCUT2D eigenvalue weighted by atomic mass is 10.3. The molecule has 0 aliphatic rings. The molecule has 5 nitrogen and oxygen atoms in total. The summed E-state index contributed by atoms with van der Waals surface area (Å²) < 4.78 is 35.7. The monoisotopic (exact) mass is 273 g/mol. The number of hydrogen-bond acceptors (Lipinski definition) is 4. The van der Waals surface area contributed by atoms with E-state index >= 15 is 0 Å². The summed E-state index contributed by atoms with van der Waals surface area (Å²) in [6.07, 6.45) is 0. The van der Waals surface area contributed by atoms with E-state index in [9.17, 15) is 8.42 Å². The van der Waals surface area contributed by atoms with Gasteiger partial charge in [0, 0.05) is 25.4 Å². The van der Waals surface area contributed by atoms with Crippen molar-refractivity contribution in [2.24, 2.45) is 0 Å². The topological polar surface area (TPSA) is 66.8 Å². The SMILES string of the molecule is CCOCCN(CCS(=O)(=O)O)c1ccccc1. The number of nitrogens with zero attached hydrogens (tertiary/aromatic N) is 1. The first kappa shape index (κ1) is 14.9. The van der Waals surface area contributed by atoms with E-state index in [-0.39, 0.29) is 12.3 Å². The molecule has 0 saturated heterocycles. The molecule has 1 rings (SSSR count). The predicted molar refractivity (Wildman–Crippen MR) is 71.6 cm³/mol. The minimum absolute atomic E-state index is 0.246. The normalized spacial score (nSPS) is 11.4. The van der Waals surface area contributed by atoms with Crippen molar-refractivity contribution in [1.82, 2.24) is 0 Å². The van der Waals surface area contributed by atoms with Crippen molar-refractivity contribution in [3.8, 4) is 0 Å². The molecule has 102 valence electrons. The summed E-state index contributed by atoms with van der Waals surface area (Å²) in [5, 5.41) is 0. The van der Waals surface area contributed by atoms with E-state index in [0.29, 0.717) is 19.8 Å². The van der Waals surface area contributed by atoms with E-state index in [4.69, 9.17) is 9.29 Å². The molecule has 0 aromatic heterocycles. The number of anilines is 1. The van der Waals surface area contributed by atoms with Gasteiger partial charge in [-0.1, -0.05) is 18.2 Å². The second-order valence-corrected chi connectivity index (χ2v) is 5.38. The Balaban J connectivity index is 2.63. The molecule has 0 aliphatic heterocycles. The molecular weight excluding hydrogens is 254 g/mol. The molecule has 0 aliphatic carbocycles. The van der Waals surface area contributed by atoms with Crippen LogP contribution in [0.2, 0.25) is 0 Å². The number of para-hydroxylation sites is 1. The highest BCUT2D eigenvalue weighted by molar-refractivity contribution is 7.85. The van der Waals surface area contributed by atoms with Crippen LogP contribution in [0.3, 0.4) is 0 Å². The van der Waals surface area contributed by atoms with Crippen molar-refractivity contribution in [1.29, 1.82) is 0 Å². The van der Waals surface area contributed by atoms with Crippen LogP contribution in [-0.2, 0) is 14.9 Å². The van der Waals surface area contributed by atoms with Gasteiger partial charge in [0.25, 0.3) is 10.1 Å². The van der Waals surface area contributed by atoms with E-state index < -0.39 is 10.1 Å². The number of hydrogen-bond donors (Lipinski definition) is 1. The third kappa shape index (κ3) is 6.00. The molecule has 1 N–H and O–H groups in total. The van der Waals surface area contributed by atoms with Crippen LogP contribution >= 0.6 is 0 Å². The van der Waals surface area contributed by atoms with Crippen molar-refractivity contribution in [3.05, 3.63) is 30.3 Å². The average Bonchev–Trinajstić information content (AvgIpc) is 2.33. The summed E-state index contributed by atoms with van der Waals surface area (Å²) in [5.41, 5.74) is 0.917. The van der Waals surface area contributed by atoms with Crippen molar-refractivity contribution >= 4 is 15.8 Å². The van der Waals surface area contributed by atoms with Crippen LogP contribution in [0, 0.1) is 0 Å². The maximum atomic E-state index is 10.8. The molecular formula is C12H19NO4S. The molecule has 0 saturated carbocycles. The van der Waals surface area contributed by atoms with Gasteiger partial charge in [0.2, 0.25) is 0 Å². The first-order valence-electron chi connectivity index (χ1n) is 5.86. The zero-order chi connectivity index (χ0) is 13.4. The fraction of sp³-hybridized carbons (Fsp3) is 0.500. The molecule has 1 aromatic carbocycles. The average molecular weight is 273 g/mol. The van der Waals surface area contributed by atoms with Gasteiger partial charge in [-0.05, 0) is 19.1 Å². The summed E-state index contributed by atoms with van der Waals surface area (Å²) >= 11 is 0. The van der Waals surface area contributed by atoms with E-state index in [1.165, 1.54) is 0 Å². The zero-order valence-electron chi connectivity index (χ0n) is 10.4. The van der Waals surface area contributed by atoms with Gasteiger partial charge in [-0.2, -0.15) is 8.42 Å². The molecule has 0 amide bonds. The van der Waals surface area contributed by atoms with Crippen LogP contribution in [0.25, 0.3) is 0 Å². The number of ether oxygens (including phenoxy) is 1. The van der Waals surface area contributed by atoms with Gasteiger partial charge >= 0.3 is 0 Å². The Hall–Kier alpha value is -1.11. The van der Waals surface area contributed by atoms with E-state index in [1.54, 1.807) is 0 Å². The van der Waals surface area contributed by atoms with E-state index in [0.717, 1.165) is 5.69 Å². The lowest BCUT2D eigenvalue weighted by Gasteiger charge is -2.24. The molecule has 1 aromatic rings. The third-order valence-electron chi connectivity index (χ3n) is 2.45. The quantitative estimate of drug-likeness (QED) is 0.573. The van der Waals surface area contributed by atoms with Gasteiger partial charge in [-0.15, -0.1) is 0 Å². The Morgan fingerprint density at radius 2 is 1.89 bits per heavy atom. The van der Waals surface area contributed by atoms with Crippen molar-refractivity contribution < 1.29 is 17.7 Å². The highest BCUT2D eigenvalue weighted by atomic mass is 32.2. The van der Waals surface area contributed by atoms with Gasteiger partial charge in [-0.3, -0.25) is 4.55 Å². The Bertz CT molecular complexity index is 433. The van der Waals surface area contributed by atoms with Gasteiger partial charge in [0.15, 0.2) is 0 Å². The smallest absolute Gasteiger partial charge is 0.266 e. The zero-order valence-corrected chi connectivity index (χ0v) is 11.3. The summed E-state index contributed by atoms with van der Waals surface area (Å²) in [5.74, 6) is -0.284. The van der Waals surface area contributed by atoms with Crippen LogP contribution in [0.1, 0.15) is 6.92 Å². The standard InChI is InChI=1S/C12H19NO4S/c1-2-17-10-8-13(9-11-18(14,15)16)12-6-4-3-5-7-12/h3-7H,2,8-11H2,1H3,(H,14,15,16). The fourth-order valence-corrected chi connectivity index (χ4v) is 2.00. The molecule has 6 heteroatoms. The minimum Gasteiger partial charge on any atom is -0.380 e. The molecule has 0 fully saturated rings. The van der Waals surface area contributed by atoms with Crippen molar-refractivity contribution in [3.63, 3.8) is 0 Å². The number of rotatable bonds is 8. The van der Waals surface area contributed by atoms with Gasteiger partial charge < -0.3 is 9.64 Å². The highest BCUT2D eigenvalue weighted by Crippen LogP contribution is 2.12. The Morgan fingerprint density at radius 1 is 1.22 bits per heavy atom. The van der Waals surface area contributed by atoms with Gasteiger partial charge in [0.1, 0.15) is 0 Å². The Kier molecular flexibility index (Phi) is 6.11. The molecule has 0 atom stereocenters. The molecule has 0 radical (unpaired) electrons. The Morgan fingerprint density at radius 3 is 2.44 bits per heavy atom. The predicted octanol–water partition coefficient (Wildman–Crippen LogP) is 1.42. The minimum atomic E-state index is -3.94. The highest BCUT2D eigenvalue weighted by Gasteiger charge is 2.11. The number of benzene rings is 1. The molecule has 0 unspecified atom stereocenters. The van der Waals surface area contributed by atoms with Crippen LogP contribution in [0.15, 0.2) is 30.3 Å². The maximum absolute atomic E-state index is 10.8. The molecule has 0 heterocycles. The third-order valence-corrected chi connectivity index (χ3v) is 3.15. The lowest BCUT2D eigenvalue weighted by molar-refractivity contribution is 0.154. The second kappa shape index (κ2) is 7.35. The van der Waals surface area contributed by atoms with Crippen LogP contribution in [-0.4, -0.2) is 45.0 Å². The van der Waals surface area contributed by atoms with Gasteiger partial charge in [-0.25, -0.2) is 0 Å². The van der Waals surface area contributed by atoms with Crippen molar-refractivity contribution in [2.45, 2.75) is 6.92 Å². The summed E-state index contributed by atoms with van der Waals surface area (Å²) in [6.45, 7) is 3.89. The summed E-state index contributed by atoms with van der Waals surface area (Å²) in [6, 6.07) is 9.46. The maximum Gasteiger partial charge on any atom is 0.266 e.